The van der Waals surface area contributed by atoms with E-state index in [2.05, 4.69) is 4.99 Å². The van der Waals surface area contributed by atoms with Crippen LogP contribution in [0.25, 0.3) is 0 Å². The van der Waals surface area contributed by atoms with Gasteiger partial charge in [0.2, 0.25) is 0 Å². The highest BCUT2D eigenvalue weighted by molar-refractivity contribution is 6.33. The van der Waals surface area contributed by atoms with Crippen LogP contribution in [0, 0.1) is 13.8 Å². The van der Waals surface area contributed by atoms with E-state index in [0.717, 1.165) is 11.1 Å². The molecule has 4 N–H and O–H groups in total. The van der Waals surface area contributed by atoms with Crippen LogP contribution in [0.4, 0.5) is 5.69 Å². The summed E-state index contributed by atoms with van der Waals surface area (Å²) in [6.45, 7) is 3.89. The average molecular weight is 198 g/mol. The number of hydrogen-bond acceptors (Lipinski definition) is 1. The highest BCUT2D eigenvalue weighted by atomic mass is 35.5. The molecule has 0 aliphatic rings. The first-order valence-electron chi connectivity index (χ1n) is 3.87. The Morgan fingerprint density at radius 3 is 2.38 bits per heavy atom. The van der Waals surface area contributed by atoms with Gasteiger partial charge in [-0.25, -0.2) is 4.99 Å². The molecule has 0 atom stereocenters. The lowest BCUT2D eigenvalue weighted by Gasteiger charge is -2.04. The van der Waals surface area contributed by atoms with Crippen molar-refractivity contribution < 1.29 is 0 Å². The summed E-state index contributed by atoms with van der Waals surface area (Å²) in [6, 6.07) is 3.81. The van der Waals surface area contributed by atoms with Crippen LogP contribution in [0.15, 0.2) is 17.1 Å². The highest BCUT2D eigenvalue weighted by Crippen LogP contribution is 2.29. The number of halogens is 1. The summed E-state index contributed by atoms with van der Waals surface area (Å²) < 4.78 is 0. The number of aryl methyl sites for hydroxylation is 2. The second-order valence-electron chi connectivity index (χ2n) is 2.95. The number of nitrogens with two attached hydrogens (primary N) is 2. The van der Waals surface area contributed by atoms with Gasteiger partial charge in [0.15, 0.2) is 5.96 Å². The normalized spacial score (nSPS) is 9.77. The molecule has 0 saturated carbocycles. The number of aliphatic imine (C=N–C) groups is 1. The van der Waals surface area contributed by atoms with Crippen molar-refractivity contribution in [2.24, 2.45) is 16.5 Å². The van der Waals surface area contributed by atoms with Crippen LogP contribution >= 0.6 is 11.6 Å². The molecular weight excluding hydrogens is 186 g/mol. The van der Waals surface area contributed by atoms with Gasteiger partial charge in [0.1, 0.15) is 0 Å². The van der Waals surface area contributed by atoms with Crippen LogP contribution in [0.1, 0.15) is 11.1 Å². The second kappa shape index (κ2) is 3.66. The number of benzene rings is 1. The van der Waals surface area contributed by atoms with Gasteiger partial charge in [-0.05, 0) is 31.0 Å². The molecule has 4 heteroatoms. The molecule has 1 aromatic rings. The standard InChI is InChI=1S/C9H12ClN3/c1-5-3-6(2)8(7(10)4-5)13-9(11)12/h3-4H,1-2H3,(H4,11,12,13). The van der Waals surface area contributed by atoms with E-state index in [0.29, 0.717) is 10.7 Å². The number of guanidine groups is 1. The predicted octanol–water partition coefficient (Wildman–Crippen LogP) is 1.86. The molecule has 1 rings (SSSR count). The van der Waals surface area contributed by atoms with E-state index in [1.54, 1.807) is 0 Å². The van der Waals surface area contributed by atoms with E-state index in [4.69, 9.17) is 23.1 Å². The zero-order valence-corrected chi connectivity index (χ0v) is 8.39. The molecule has 0 amide bonds. The lowest BCUT2D eigenvalue weighted by Crippen LogP contribution is -2.22. The molecule has 3 nitrogen and oxygen atoms in total. The molecule has 0 spiro atoms. The van der Waals surface area contributed by atoms with E-state index in [9.17, 15) is 0 Å². The van der Waals surface area contributed by atoms with Crippen molar-refractivity contribution in [1.29, 1.82) is 0 Å². The Bertz CT molecular complexity index is 331. The van der Waals surface area contributed by atoms with Crippen LogP contribution in [0.5, 0.6) is 0 Å². The third kappa shape index (κ3) is 2.36. The maximum atomic E-state index is 5.96. The van der Waals surface area contributed by atoms with Gasteiger partial charge in [-0.1, -0.05) is 17.7 Å². The Hall–Kier alpha value is -1.22. The van der Waals surface area contributed by atoms with Crippen molar-refractivity contribution in [1.82, 2.24) is 0 Å². The molecule has 0 fully saturated rings. The fraction of sp³-hybridized carbons (Fsp3) is 0.222. The van der Waals surface area contributed by atoms with E-state index in [1.165, 1.54) is 0 Å². The smallest absolute Gasteiger partial charge is 0.191 e. The summed E-state index contributed by atoms with van der Waals surface area (Å²) >= 11 is 5.96. The molecule has 0 heterocycles. The molecule has 70 valence electrons. The van der Waals surface area contributed by atoms with Gasteiger partial charge in [0, 0.05) is 0 Å². The van der Waals surface area contributed by atoms with E-state index in [-0.39, 0.29) is 5.96 Å². The first-order valence-corrected chi connectivity index (χ1v) is 4.25. The summed E-state index contributed by atoms with van der Waals surface area (Å²) in [5.74, 6) is 0.0221. The second-order valence-corrected chi connectivity index (χ2v) is 3.36. The Balaban J connectivity index is 3.29. The van der Waals surface area contributed by atoms with Gasteiger partial charge in [0.05, 0.1) is 10.7 Å². The third-order valence-electron chi connectivity index (χ3n) is 1.64. The van der Waals surface area contributed by atoms with Gasteiger partial charge in [-0.15, -0.1) is 0 Å². The molecule has 0 radical (unpaired) electrons. The average Bonchev–Trinajstić information content (AvgIpc) is 1.96. The Morgan fingerprint density at radius 1 is 1.31 bits per heavy atom. The Labute approximate surface area is 82.4 Å². The first-order chi connectivity index (χ1) is 6.00. The lowest BCUT2D eigenvalue weighted by atomic mass is 10.1. The molecule has 0 saturated heterocycles. The van der Waals surface area contributed by atoms with E-state index in [1.807, 2.05) is 26.0 Å². The molecular formula is C9H12ClN3. The van der Waals surface area contributed by atoms with Gasteiger partial charge in [-0.2, -0.15) is 0 Å². The van der Waals surface area contributed by atoms with Crippen molar-refractivity contribution in [3.63, 3.8) is 0 Å². The minimum atomic E-state index is 0.0221. The maximum absolute atomic E-state index is 5.96. The first kappa shape index (κ1) is 9.86. The Morgan fingerprint density at radius 2 is 1.92 bits per heavy atom. The summed E-state index contributed by atoms with van der Waals surface area (Å²) in [5.41, 5.74) is 13.2. The lowest BCUT2D eigenvalue weighted by molar-refractivity contribution is 1.32. The molecule has 1 aromatic carbocycles. The van der Waals surface area contributed by atoms with Crippen LogP contribution in [-0.2, 0) is 0 Å². The number of hydrogen-bond donors (Lipinski definition) is 2. The van der Waals surface area contributed by atoms with Gasteiger partial charge in [-0.3, -0.25) is 0 Å². The van der Waals surface area contributed by atoms with Gasteiger partial charge < -0.3 is 11.5 Å². The zero-order chi connectivity index (χ0) is 10.0. The molecule has 0 unspecified atom stereocenters. The van der Waals surface area contributed by atoms with Crippen LogP contribution in [0.2, 0.25) is 5.02 Å². The molecule has 0 aliphatic heterocycles. The van der Waals surface area contributed by atoms with Crippen LogP contribution < -0.4 is 11.5 Å². The maximum Gasteiger partial charge on any atom is 0.191 e. The van der Waals surface area contributed by atoms with Gasteiger partial charge >= 0.3 is 0 Å². The summed E-state index contributed by atoms with van der Waals surface area (Å²) in [7, 11) is 0. The van der Waals surface area contributed by atoms with E-state index < -0.39 is 0 Å². The van der Waals surface area contributed by atoms with E-state index >= 15 is 0 Å². The van der Waals surface area contributed by atoms with Crippen molar-refractivity contribution in [3.8, 4) is 0 Å². The molecule has 0 aliphatic carbocycles. The molecule has 0 bridgehead atoms. The van der Waals surface area contributed by atoms with Crippen molar-refractivity contribution in [2.75, 3.05) is 0 Å². The fourth-order valence-corrected chi connectivity index (χ4v) is 1.54. The third-order valence-corrected chi connectivity index (χ3v) is 1.93. The van der Waals surface area contributed by atoms with Gasteiger partial charge in [0.25, 0.3) is 0 Å². The zero-order valence-electron chi connectivity index (χ0n) is 7.63. The van der Waals surface area contributed by atoms with Crippen molar-refractivity contribution >= 4 is 23.2 Å². The highest BCUT2D eigenvalue weighted by Gasteiger charge is 2.03. The topological polar surface area (TPSA) is 64.4 Å². The minimum absolute atomic E-state index is 0.0221. The quantitative estimate of drug-likeness (QED) is 0.533. The summed E-state index contributed by atoms with van der Waals surface area (Å²) in [4.78, 5) is 3.94. The van der Waals surface area contributed by atoms with Crippen LogP contribution in [-0.4, -0.2) is 5.96 Å². The summed E-state index contributed by atoms with van der Waals surface area (Å²) in [5, 5.41) is 0.575. The minimum Gasteiger partial charge on any atom is -0.370 e. The van der Waals surface area contributed by atoms with Crippen LogP contribution in [0.3, 0.4) is 0 Å². The van der Waals surface area contributed by atoms with Crippen molar-refractivity contribution in [2.45, 2.75) is 13.8 Å². The number of nitrogens with zero attached hydrogens (tertiary/aromatic N) is 1. The predicted molar refractivity (Wildman–Crippen MR) is 56.4 cm³/mol. The molecule has 13 heavy (non-hydrogen) atoms. The summed E-state index contributed by atoms with van der Waals surface area (Å²) in [6.07, 6.45) is 0. The SMILES string of the molecule is Cc1cc(C)c(N=C(N)N)c(Cl)c1. The monoisotopic (exact) mass is 197 g/mol. The largest absolute Gasteiger partial charge is 0.370 e. The van der Waals surface area contributed by atoms with Crippen molar-refractivity contribution in [3.05, 3.63) is 28.3 Å². The number of rotatable bonds is 1. The molecule has 0 aromatic heterocycles. The Kier molecular flexibility index (Phi) is 2.78. The fourth-order valence-electron chi connectivity index (χ4n) is 1.18.